The van der Waals surface area contributed by atoms with Gasteiger partial charge >= 0.3 is 0 Å². The lowest BCUT2D eigenvalue weighted by Crippen LogP contribution is -2.34. The Hall–Kier alpha value is -3.30. The van der Waals surface area contributed by atoms with Gasteiger partial charge in [-0.05, 0) is 50.5 Å². The quantitative estimate of drug-likeness (QED) is 0.588. The highest BCUT2D eigenvalue weighted by Crippen LogP contribution is 2.21. The number of methoxy groups -OCH3 is 1. The van der Waals surface area contributed by atoms with Gasteiger partial charge in [0.05, 0.1) is 12.6 Å². The fourth-order valence-corrected chi connectivity index (χ4v) is 3.98. The third kappa shape index (κ3) is 4.63. The summed E-state index contributed by atoms with van der Waals surface area (Å²) in [5, 5.41) is 9.86. The van der Waals surface area contributed by atoms with Crippen LogP contribution < -0.4 is 10.9 Å². The molecule has 9 nitrogen and oxygen atoms in total. The Balaban J connectivity index is 1.58. The Morgan fingerprint density at radius 3 is 2.94 bits per heavy atom. The number of pyridine rings is 1. The van der Waals surface area contributed by atoms with E-state index in [-0.39, 0.29) is 17.2 Å². The fourth-order valence-electron chi connectivity index (χ4n) is 3.98. The molecule has 2 aromatic heterocycles. The van der Waals surface area contributed by atoms with Crippen molar-refractivity contribution >= 4 is 11.6 Å². The lowest BCUT2D eigenvalue weighted by atomic mass is 10.1. The van der Waals surface area contributed by atoms with Crippen LogP contribution in [0.3, 0.4) is 0 Å². The van der Waals surface area contributed by atoms with Crippen LogP contribution in [0.4, 0.5) is 5.69 Å². The highest BCUT2D eigenvalue weighted by atomic mass is 16.5. The van der Waals surface area contributed by atoms with Crippen molar-refractivity contribution in [3.05, 3.63) is 63.3 Å². The molecule has 0 radical (unpaired) electrons. The molecule has 0 aliphatic carbocycles. The smallest absolute Gasteiger partial charge is 0.263 e. The number of carbonyl (C=O) groups excluding carboxylic acids is 1. The molecule has 9 heteroatoms. The van der Waals surface area contributed by atoms with Crippen LogP contribution in [-0.2, 0) is 22.6 Å². The molecule has 1 amide bonds. The van der Waals surface area contributed by atoms with Crippen molar-refractivity contribution in [2.45, 2.75) is 45.9 Å². The Bertz CT molecular complexity index is 1180. The first kappa shape index (κ1) is 21.9. The topological polar surface area (TPSA) is 111 Å². The number of aromatic amines is 1. The second-order valence-electron chi connectivity index (χ2n) is 7.97. The third-order valence-electron chi connectivity index (χ3n) is 5.53. The van der Waals surface area contributed by atoms with Crippen LogP contribution in [0.15, 0.2) is 35.1 Å². The van der Waals surface area contributed by atoms with Gasteiger partial charge in [-0.1, -0.05) is 12.1 Å². The number of ether oxygens (including phenoxy) is 2. The minimum Gasteiger partial charge on any atom is -0.377 e. The number of amides is 1. The van der Waals surface area contributed by atoms with E-state index in [0.717, 1.165) is 24.1 Å². The first-order valence-corrected chi connectivity index (χ1v) is 10.6. The molecular formula is C23H27N5O4. The third-order valence-corrected chi connectivity index (χ3v) is 5.53. The van der Waals surface area contributed by atoms with Crippen molar-refractivity contribution in [2.75, 3.05) is 19.0 Å². The molecule has 3 aromatic rings. The van der Waals surface area contributed by atoms with E-state index >= 15 is 0 Å². The lowest BCUT2D eigenvalue weighted by molar-refractivity contribution is 0.0947. The molecule has 1 fully saturated rings. The lowest BCUT2D eigenvalue weighted by Gasteiger charge is -2.17. The molecule has 1 saturated heterocycles. The van der Waals surface area contributed by atoms with Crippen LogP contribution in [0.5, 0.6) is 0 Å². The largest absolute Gasteiger partial charge is 0.377 e. The number of rotatable bonds is 7. The zero-order chi connectivity index (χ0) is 22.7. The van der Waals surface area contributed by atoms with Crippen LogP contribution in [-0.4, -0.2) is 45.5 Å². The fraction of sp³-hybridized carbons (Fsp3) is 0.391. The summed E-state index contributed by atoms with van der Waals surface area (Å²) >= 11 is 0. The van der Waals surface area contributed by atoms with Gasteiger partial charge in [-0.25, -0.2) is 4.98 Å². The zero-order valence-corrected chi connectivity index (χ0v) is 18.5. The molecule has 1 atom stereocenters. The number of aryl methyl sites for hydroxylation is 2. The van der Waals surface area contributed by atoms with Crippen LogP contribution in [0.1, 0.15) is 40.3 Å². The maximum Gasteiger partial charge on any atom is 0.263 e. The molecule has 0 unspecified atom stereocenters. The summed E-state index contributed by atoms with van der Waals surface area (Å²) in [5.41, 5.74) is 2.58. The number of carbonyl (C=O) groups is 1. The SMILES string of the molecule is COCc1nc(-c2cccc(NC(=O)c3c(C)cc(C)n(C[C@H]4CCCO4)c3=O)c2)n[nH]1. The molecule has 0 saturated carbocycles. The van der Waals surface area contributed by atoms with Crippen molar-refractivity contribution in [2.24, 2.45) is 0 Å². The van der Waals surface area contributed by atoms with E-state index in [2.05, 4.69) is 20.5 Å². The summed E-state index contributed by atoms with van der Waals surface area (Å²) < 4.78 is 12.4. The zero-order valence-electron chi connectivity index (χ0n) is 18.5. The first-order valence-electron chi connectivity index (χ1n) is 10.6. The normalized spacial score (nSPS) is 15.8. The van der Waals surface area contributed by atoms with E-state index in [9.17, 15) is 9.59 Å². The summed E-state index contributed by atoms with van der Waals surface area (Å²) in [6, 6.07) is 9.05. The van der Waals surface area contributed by atoms with Gasteiger partial charge < -0.3 is 19.4 Å². The predicted octanol–water partition coefficient (Wildman–Crippen LogP) is 2.83. The Labute approximate surface area is 185 Å². The maximum absolute atomic E-state index is 13.2. The Morgan fingerprint density at radius 1 is 1.34 bits per heavy atom. The van der Waals surface area contributed by atoms with E-state index in [0.29, 0.717) is 42.7 Å². The molecule has 1 aliphatic heterocycles. The van der Waals surface area contributed by atoms with Gasteiger partial charge in [0.1, 0.15) is 12.2 Å². The number of benzene rings is 1. The van der Waals surface area contributed by atoms with Gasteiger partial charge in [-0.3, -0.25) is 14.7 Å². The summed E-state index contributed by atoms with van der Waals surface area (Å²) in [5.74, 6) is 0.665. The van der Waals surface area contributed by atoms with Crippen LogP contribution in [0.25, 0.3) is 11.4 Å². The van der Waals surface area contributed by atoms with Gasteiger partial charge in [0.2, 0.25) is 0 Å². The van der Waals surface area contributed by atoms with Crippen molar-refractivity contribution in [3.8, 4) is 11.4 Å². The number of aromatic nitrogens is 4. The van der Waals surface area contributed by atoms with Gasteiger partial charge in [0, 0.05) is 30.7 Å². The van der Waals surface area contributed by atoms with Crippen molar-refractivity contribution in [3.63, 3.8) is 0 Å². The number of hydrogen-bond donors (Lipinski definition) is 2. The summed E-state index contributed by atoms with van der Waals surface area (Å²) in [6.45, 7) is 5.15. The predicted molar refractivity (Wildman–Crippen MR) is 120 cm³/mol. The number of nitrogens with zero attached hydrogens (tertiary/aromatic N) is 3. The van der Waals surface area contributed by atoms with Gasteiger partial charge in [0.25, 0.3) is 11.5 Å². The number of nitrogens with one attached hydrogen (secondary N) is 2. The highest BCUT2D eigenvalue weighted by Gasteiger charge is 2.22. The van der Waals surface area contributed by atoms with Crippen LogP contribution in [0.2, 0.25) is 0 Å². The molecule has 1 aromatic carbocycles. The Morgan fingerprint density at radius 2 is 2.19 bits per heavy atom. The molecule has 2 N–H and O–H groups in total. The van der Waals surface area contributed by atoms with Gasteiger partial charge in [0.15, 0.2) is 11.6 Å². The molecule has 4 rings (SSSR count). The Kier molecular flexibility index (Phi) is 6.48. The number of anilines is 1. The van der Waals surface area contributed by atoms with Crippen molar-refractivity contribution in [1.82, 2.24) is 19.7 Å². The van der Waals surface area contributed by atoms with E-state index in [4.69, 9.17) is 9.47 Å². The molecule has 0 spiro atoms. The first-order chi connectivity index (χ1) is 15.5. The molecule has 0 bridgehead atoms. The molecule has 1 aliphatic rings. The van der Waals surface area contributed by atoms with Gasteiger partial charge in [-0.2, -0.15) is 5.10 Å². The maximum atomic E-state index is 13.2. The second kappa shape index (κ2) is 9.46. The standard InChI is InChI=1S/C23H27N5O4/c1-14-10-15(2)28(12-18-8-5-9-32-18)23(30)20(14)22(29)24-17-7-4-6-16(11-17)21-25-19(13-31-3)26-27-21/h4,6-7,10-11,18H,5,8-9,12-13H2,1-3H3,(H,24,29)(H,25,26,27)/t18-/m1/s1. The van der Waals surface area contributed by atoms with E-state index in [1.807, 2.05) is 19.1 Å². The molecular weight excluding hydrogens is 410 g/mol. The average molecular weight is 438 g/mol. The van der Waals surface area contributed by atoms with E-state index in [1.165, 1.54) is 0 Å². The van der Waals surface area contributed by atoms with Crippen LogP contribution >= 0.6 is 0 Å². The minimum atomic E-state index is -0.444. The molecule has 32 heavy (non-hydrogen) atoms. The molecule has 168 valence electrons. The van der Waals surface area contributed by atoms with E-state index < -0.39 is 5.91 Å². The minimum absolute atomic E-state index is 0.00560. The summed E-state index contributed by atoms with van der Waals surface area (Å²) in [6.07, 6.45) is 1.92. The molecule has 3 heterocycles. The second-order valence-corrected chi connectivity index (χ2v) is 7.97. The van der Waals surface area contributed by atoms with Crippen molar-refractivity contribution < 1.29 is 14.3 Å². The highest BCUT2D eigenvalue weighted by molar-refractivity contribution is 6.05. The van der Waals surface area contributed by atoms with Crippen LogP contribution in [0, 0.1) is 13.8 Å². The van der Waals surface area contributed by atoms with Gasteiger partial charge in [-0.15, -0.1) is 0 Å². The van der Waals surface area contributed by atoms with Crippen molar-refractivity contribution in [1.29, 1.82) is 0 Å². The van der Waals surface area contributed by atoms with E-state index in [1.54, 1.807) is 36.8 Å². The summed E-state index contributed by atoms with van der Waals surface area (Å²) in [7, 11) is 1.58. The number of H-pyrrole nitrogens is 1. The monoisotopic (exact) mass is 437 g/mol. The number of hydrogen-bond acceptors (Lipinski definition) is 6. The summed E-state index contributed by atoms with van der Waals surface area (Å²) in [4.78, 5) is 30.7. The average Bonchev–Trinajstić information content (AvgIpc) is 3.43.